The number of rotatable bonds is 6. The van der Waals surface area contributed by atoms with Gasteiger partial charge in [0.25, 0.3) is 5.56 Å². The van der Waals surface area contributed by atoms with Gasteiger partial charge < -0.3 is 5.32 Å². The van der Waals surface area contributed by atoms with Gasteiger partial charge in [-0.05, 0) is 61.7 Å². The van der Waals surface area contributed by atoms with Crippen LogP contribution < -0.4 is 10.9 Å². The summed E-state index contributed by atoms with van der Waals surface area (Å²) in [5.41, 5.74) is 3.18. The number of hydrogen-bond donors (Lipinski definition) is 1. The maximum atomic E-state index is 12.6. The molecule has 3 rings (SSSR count). The van der Waals surface area contributed by atoms with Crippen LogP contribution in [0.1, 0.15) is 25.0 Å². The van der Waals surface area contributed by atoms with Crippen molar-refractivity contribution in [3.05, 3.63) is 81.1 Å². The zero-order valence-corrected chi connectivity index (χ0v) is 18.1. The molecule has 0 aliphatic heterocycles. The minimum atomic E-state index is -0.389. The Morgan fingerprint density at radius 2 is 2.00 bits per heavy atom. The second kappa shape index (κ2) is 9.29. The smallest absolute Gasteiger partial charge is 0.271 e. The highest BCUT2D eigenvalue weighted by Crippen LogP contribution is 2.23. The Balaban J connectivity index is 1.76. The molecule has 1 aromatic heterocycles. The van der Waals surface area contributed by atoms with E-state index >= 15 is 0 Å². The number of aromatic nitrogens is 2. The normalized spacial score (nSPS) is 11.9. The minimum Gasteiger partial charge on any atom is -0.325 e. The van der Waals surface area contributed by atoms with Crippen LogP contribution in [0.4, 0.5) is 5.69 Å². The molecular formula is C22H22ClN3O2S. The number of nitrogens with one attached hydrogen (secondary N) is 1. The summed E-state index contributed by atoms with van der Waals surface area (Å²) in [6.07, 6.45) is 0.905. The quantitative estimate of drug-likeness (QED) is 0.569. The average molecular weight is 428 g/mol. The number of aryl methyl sites for hydroxylation is 2. The second-order valence-electron chi connectivity index (χ2n) is 6.66. The molecule has 1 unspecified atom stereocenters. The van der Waals surface area contributed by atoms with E-state index in [1.165, 1.54) is 22.5 Å². The number of benzene rings is 2. The molecule has 0 fully saturated rings. The van der Waals surface area contributed by atoms with E-state index in [2.05, 4.69) is 17.3 Å². The van der Waals surface area contributed by atoms with E-state index in [0.717, 1.165) is 23.2 Å². The Morgan fingerprint density at radius 1 is 1.21 bits per heavy atom. The van der Waals surface area contributed by atoms with Gasteiger partial charge in [0.15, 0.2) is 0 Å². The van der Waals surface area contributed by atoms with Gasteiger partial charge in [0.05, 0.1) is 10.9 Å². The average Bonchev–Trinajstić information content (AvgIpc) is 2.71. The predicted molar refractivity (Wildman–Crippen MR) is 119 cm³/mol. The number of thioether (sulfide) groups is 1. The number of amides is 1. The fourth-order valence-corrected chi connectivity index (χ4v) is 3.68. The Bertz CT molecular complexity index is 1100. The Hall–Kier alpha value is -2.57. The van der Waals surface area contributed by atoms with Crippen LogP contribution in [0.3, 0.4) is 0 Å². The van der Waals surface area contributed by atoms with Crippen molar-refractivity contribution in [3.63, 3.8) is 0 Å². The highest BCUT2D eigenvalue weighted by atomic mass is 35.5. The van der Waals surface area contributed by atoms with Gasteiger partial charge >= 0.3 is 0 Å². The highest BCUT2D eigenvalue weighted by molar-refractivity contribution is 8.00. The molecule has 0 saturated carbocycles. The minimum absolute atomic E-state index is 0.124. The molecule has 5 nitrogen and oxygen atoms in total. The van der Waals surface area contributed by atoms with Crippen LogP contribution >= 0.6 is 23.4 Å². The van der Waals surface area contributed by atoms with Crippen LogP contribution in [0.5, 0.6) is 0 Å². The first-order valence-electron chi connectivity index (χ1n) is 9.30. The van der Waals surface area contributed by atoms with Crippen LogP contribution in [-0.4, -0.2) is 20.9 Å². The zero-order chi connectivity index (χ0) is 21.0. The molecule has 3 aromatic rings. The Morgan fingerprint density at radius 3 is 2.72 bits per heavy atom. The van der Waals surface area contributed by atoms with E-state index in [0.29, 0.717) is 15.7 Å². The van der Waals surface area contributed by atoms with Crippen LogP contribution in [0.25, 0.3) is 5.69 Å². The standard InChI is InChI=1S/C22H22ClN3O2S/c1-4-16-6-5-7-17(12-16)24-22(28)15(3)29-20-10-11-21(27)26(25-20)18-9-8-14(2)19(23)13-18/h5-13,15H,4H2,1-3H3,(H,24,28). The summed E-state index contributed by atoms with van der Waals surface area (Å²) in [6.45, 7) is 5.77. The van der Waals surface area contributed by atoms with Gasteiger partial charge in [-0.15, -0.1) is 0 Å². The van der Waals surface area contributed by atoms with Crippen molar-refractivity contribution in [1.82, 2.24) is 9.78 Å². The molecule has 1 heterocycles. The van der Waals surface area contributed by atoms with Gasteiger partial charge in [-0.25, -0.2) is 0 Å². The fraction of sp³-hybridized carbons (Fsp3) is 0.227. The van der Waals surface area contributed by atoms with Gasteiger partial charge in [-0.1, -0.05) is 48.5 Å². The number of anilines is 1. The van der Waals surface area contributed by atoms with Crippen molar-refractivity contribution in [2.24, 2.45) is 0 Å². The summed E-state index contributed by atoms with van der Waals surface area (Å²) >= 11 is 7.47. The van der Waals surface area contributed by atoms with Gasteiger partial charge in [-0.3, -0.25) is 9.59 Å². The molecule has 7 heteroatoms. The highest BCUT2D eigenvalue weighted by Gasteiger charge is 2.16. The molecule has 0 spiro atoms. The maximum Gasteiger partial charge on any atom is 0.271 e. The molecule has 29 heavy (non-hydrogen) atoms. The number of carbonyl (C=O) groups is 1. The van der Waals surface area contributed by atoms with Crippen LogP contribution in [-0.2, 0) is 11.2 Å². The van der Waals surface area contributed by atoms with Crippen molar-refractivity contribution in [3.8, 4) is 5.69 Å². The first kappa shape index (κ1) is 21.1. The molecule has 0 aliphatic rings. The largest absolute Gasteiger partial charge is 0.325 e. The molecule has 150 valence electrons. The van der Waals surface area contributed by atoms with Crippen molar-refractivity contribution in [1.29, 1.82) is 0 Å². The van der Waals surface area contributed by atoms with E-state index in [-0.39, 0.29) is 16.7 Å². The topological polar surface area (TPSA) is 64.0 Å². The lowest BCUT2D eigenvalue weighted by Crippen LogP contribution is -2.24. The van der Waals surface area contributed by atoms with E-state index in [1.54, 1.807) is 18.2 Å². The van der Waals surface area contributed by atoms with Crippen molar-refractivity contribution in [2.45, 2.75) is 37.5 Å². The van der Waals surface area contributed by atoms with Gasteiger partial charge in [0.2, 0.25) is 5.91 Å². The molecule has 1 N–H and O–H groups in total. The third kappa shape index (κ3) is 5.28. The predicted octanol–water partition coefficient (Wildman–Crippen LogP) is 4.88. The number of hydrogen-bond acceptors (Lipinski definition) is 4. The van der Waals surface area contributed by atoms with Gasteiger partial charge in [0.1, 0.15) is 5.03 Å². The number of carbonyl (C=O) groups excluding carboxylic acids is 1. The Kier molecular flexibility index (Phi) is 6.77. The molecule has 0 aliphatic carbocycles. The lowest BCUT2D eigenvalue weighted by molar-refractivity contribution is -0.115. The number of halogens is 1. The Labute approximate surface area is 179 Å². The monoisotopic (exact) mass is 427 g/mol. The summed E-state index contributed by atoms with van der Waals surface area (Å²) in [5, 5.41) is 8.09. The summed E-state index contributed by atoms with van der Waals surface area (Å²) in [5.74, 6) is -0.124. The third-order valence-corrected chi connectivity index (χ3v) is 5.88. The summed E-state index contributed by atoms with van der Waals surface area (Å²) in [6, 6.07) is 16.2. The fourth-order valence-electron chi connectivity index (χ4n) is 2.70. The van der Waals surface area contributed by atoms with Crippen molar-refractivity contribution in [2.75, 3.05) is 5.32 Å². The zero-order valence-electron chi connectivity index (χ0n) is 16.5. The van der Waals surface area contributed by atoms with E-state index in [4.69, 9.17) is 11.6 Å². The van der Waals surface area contributed by atoms with Crippen molar-refractivity contribution >= 4 is 35.0 Å². The molecule has 0 radical (unpaired) electrons. The lowest BCUT2D eigenvalue weighted by atomic mass is 10.1. The molecule has 2 aromatic carbocycles. The van der Waals surface area contributed by atoms with Crippen LogP contribution in [0.2, 0.25) is 5.02 Å². The van der Waals surface area contributed by atoms with E-state index in [1.807, 2.05) is 44.2 Å². The van der Waals surface area contributed by atoms with Crippen LogP contribution in [0, 0.1) is 6.92 Å². The molecular weight excluding hydrogens is 406 g/mol. The summed E-state index contributed by atoms with van der Waals surface area (Å²) < 4.78 is 1.29. The van der Waals surface area contributed by atoms with Crippen LogP contribution in [0.15, 0.2) is 64.4 Å². The molecule has 0 bridgehead atoms. The maximum absolute atomic E-state index is 12.6. The summed E-state index contributed by atoms with van der Waals surface area (Å²) in [7, 11) is 0. The van der Waals surface area contributed by atoms with Gasteiger partial charge in [0, 0.05) is 16.8 Å². The molecule has 0 saturated heterocycles. The molecule has 1 amide bonds. The SMILES string of the molecule is CCc1cccc(NC(=O)C(C)Sc2ccc(=O)n(-c3ccc(C)c(Cl)c3)n2)c1. The summed E-state index contributed by atoms with van der Waals surface area (Å²) in [4.78, 5) is 24.8. The first-order valence-corrected chi connectivity index (χ1v) is 10.6. The second-order valence-corrected chi connectivity index (χ2v) is 8.43. The number of nitrogens with zero attached hydrogens (tertiary/aromatic N) is 2. The van der Waals surface area contributed by atoms with Gasteiger partial charge in [-0.2, -0.15) is 9.78 Å². The van der Waals surface area contributed by atoms with E-state index in [9.17, 15) is 9.59 Å². The van der Waals surface area contributed by atoms with Crippen molar-refractivity contribution < 1.29 is 4.79 Å². The molecule has 1 atom stereocenters. The lowest BCUT2D eigenvalue weighted by Gasteiger charge is -2.13. The van der Waals surface area contributed by atoms with E-state index < -0.39 is 0 Å². The first-order chi connectivity index (χ1) is 13.9. The third-order valence-electron chi connectivity index (χ3n) is 4.45.